The van der Waals surface area contributed by atoms with Crippen LogP contribution in [0.25, 0.3) is 133 Å². The number of para-hydroxylation sites is 3. The molecule has 0 aliphatic carbocycles. The first-order valence-corrected chi connectivity index (χ1v) is 21.9. The molecule has 0 aliphatic heterocycles. The summed E-state index contributed by atoms with van der Waals surface area (Å²) in [5.41, 5.74) is 10.7. The van der Waals surface area contributed by atoms with Crippen LogP contribution in [0, 0.1) is 0 Å². The van der Waals surface area contributed by atoms with Crippen LogP contribution in [0.1, 0.15) is 0 Å². The van der Waals surface area contributed by atoms with E-state index >= 15 is 0 Å². The van der Waals surface area contributed by atoms with E-state index in [1.165, 1.54) is 21.5 Å². The van der Waals surface area contributed by atoms with Crippen LogP contribution in [-0.4, -0.2) is 24.1 Å². The number of furan rings is 1. The largest absolute Gasteiger partial charge is 0.456 e. The fourth-order valence-electron chi connectivity index (χ4n) is 10.2. The van der Waals surface area contributed by atoms with Crippen LogP contribution in [0.15, 0.2) is 217 Å². The van der Waals surface area contributed by atoms with Crippen LogP contribution in [0.2, 0.25) is 0 Å². The first-order valence-electron chi connectivity index (χ1n) is 21.9. The first-order chi connectivity index (χ1) is 32.2. The van der Waals surface area contributed by atoms with Crippen molar-refractivity contribution in [3.05, 3.63) is 212 Å². The Hall–Kier alpha value is -8.87. The van der Waals surface area contributed by atoms with E-state index in [4.69, 9.17) is 19.4 Å². The third kappa shape index (κ3) is 5.44. The van der Waals surface area contributed by atoms with E-state index in [2.05, 4.69) is 191 Å². The lowest BCUT2D eigenvalue weighted by atomic mass is 10.0. The van der Waals surface area contributed by atoms with Crippen molar-refractivity contribution < 1.29 is 4.42 Å². The highest BCUT2D eigenvalue weighted by Gasteiger charge is 2.24. The number of hydrogen-bond donors (Lipinski definition) is 0. The zero-order valence-electron chi connectivity index (χ0n) is 34.9. The van der Waals surface area contributed by atoms with Gasteiger partial charge in [0.25, 0.3) is 0 Å². The number of rotatable bonds is 5. The second-order valence-electron chi connectivity index (χ2n) is 16.8. The highest BCUT2D eigenvalue weighted by molar-refractivity contribution is 6.18. The summed E-state index contributed by atoms with van der Waals surface area (Å²) in [5, 5.41) is 11.3. The number of fused-ring (bicyclic) bond motifs is 11. The third-order valence-electron chi connectivity index (χ3n) is 13.1. The number of hydrogen-bond acceptors (Lipinski definition) is 4. The predicted octanol–water partition coefficient (Wildman–Crippen LogP) is 15.3. The van der Waals surface area contributed by atoms with Crippen molar-refractivity contribution in [2.75, 3.05) is 0 Å². The monoisotopic (exact) mass is 829 g/mol. The van der Waals surface area contributed by atoms with Crippen molar-refractivity contribution in [2.45, 2.75) is 0 Å². The quantitative estimate of drug-likeness (QED) is 0.173. The van der Waals surface area contributed by atoms with Crippen LogP contribution < -0.4 is 0 Å². The second-order valence-corrected chi connectivity index (χ2v) is 16.8. The Bertz CT molecular complexity index is 4150. The number of aromatic nitrogens is 5. The van der Waals surface area contributed by atoms with E-state index in [0.717, 1.165) is 93.6 Å². The average Bonchev–Trinajstić information content (AvgIpc) is 4.01. The van der Waals surface area contributed by atoms with Crippen molar-refractivity contribution in [3.63, 3.8) is 0 Å². The van der Waals surface area contributed by atoms with Crippen LogP contribution in [-0.2, 0) is 0 Å². The summed E-state index contributed by atoms with van der Waals surface area (Å²) >= 11 is 0. The van der Waals surface area contributed by atoms with Crippen LogP contribution in [0.5, 0.6) is 0 Å². The van der Waals surface area contributed by atoms with Crippen LogP contribution in [0.4, 0.5) is 0 Å². The number of nitrogens with zero attached hydrogens (tertiary/aromatic N) is 5. The molecule has 0 fully saturated rings. The fraction of sp³-hybridized carbons (Fsp3) is 0. The normalized spacial score (nSPS) is 12.0. The molecule has 0 saturated heterocycles. The number of benzene rings is 10. The summed E-state index contributed by atoms with van der Waals surface area (Å²) in [5.74, 6) is 1.76. The summed E-state index contributed by atoms with van der Waals surface area (Å²) in [6.45, 7) is 0. The predicted molar refractivity (Wildman–Crippen MR) is 267 cm³/mol. The van der Waals surface area contributed by atoms with Crippen molar-refractivity contribution in [1.29, 1.82) is 0 Å². The van der Waals surface area contributed by atoms with Gasteiger partial charge < -0.3 is 13.6 Å². The Kier molecular flexibility index (Phi) is 7.59. The van der Waals surface area contributed by atoms with E-state index < -0.39 is 0 Å². The molecule has 4 aromatic heterocycles. The molecule has 14 aromatic rings. The Morgan fingerprint density at radius 2 is 0.877 bits per heavy atom. The van der Waals surface area contributed by atoms with E-state index in [1.807, 2.05) is 30.3 Å². The van der Waals surface area contributed by atoms with Crippen molar-refractivity contribution >= 4 is 87.1 Å². The van der Waals surface area contributed by atoms with Crippen molar-refractivity contribution in [2.24, 2.45) is 0 Å². The smallest absolute Gasteiger partial charge is 0.166 e. The van der Waals surface area contributed by atoms with E-state index in [-0.39, 0.29) is 0 Å². The molecule has 0 unspecified atom stereocenters. The molecule has 0 amide bonds. The maximum absolute atomic E-state index is 6.69. The van der Waals surface area contributed by atoms with Gasteiger partial charge >= 0.3 is 0 Å². The van der Waals surface area contributed by atoms with Gasteiger partial charge in [-0.25, -0.2) is 15.0 Å². The van der Waals surface area contributed by atoms with Gasteiger partial charge in [0.2, 0.25) is 0 Å². The van der Waals surface area contributed by atoms with Gasteiger partial charge in [-0.2, -0.15) is 0 Å². The topological polar surface area (TPSA) is 61.7 Å². The third-order valence-corrected chi connectivity index (χ3v) is 13.1. The molecule has 0 N–H and O–H groups in total. The molecule has 0 atom stereocenters. The van der Waals surface area contributed by atoms with Crippen LogP contribution in [0.3, 0.4) is 0 Å². The Morgan fingerprint density at radius 1 is 0.323 bits per heavy atom. The average molecular weight is 830 g/mol. The summed E-state index contributed by atoms with van der Waals surface area (Å²) in [4.78, 5) is 16.3. The maximum atomic E-state index is 6.69. The lowest BCUT2D eigenvalue weighted by molar-refractivity contribution is 0.668. The molecule has 0 spiro atoms. The molecular formula is C59H35N5O. The maximum Gasteiger partial charge on any atom is 0.166 e. The zero-order valence-corrected chi connectivity index (χ0v) is 34.9. The molecule has 0 bridgehead atoms. The lowest BCUT2D eigenvalue weighted by Gasteiger charge is -2.16. The molecule has 0 saturated carbocycles. The van der Waals surface area contributed by atoms with Crippen LogP contribution >= 0.6 is 0 Å². The summed E-state index contributed by atoms with van der Waals surface area (Å²) in [6, 6.07) is 75.0. The lowest BCUT2D eigenvalue weighted by Crippen LogP contribution is -2.04. The molecule has 6 nitrogen and oxygen atoms in total. The molecule has 0 radical (unpaired) electrons. The van der Waals surface area contributed by atoms with Gasteiger partial charge in [0.15, 0.2) is 17.5 Å². The van der Waals surface area contributed by atoms with E-state index in [9.17, 15) is 0 Å². The molecule has 6 heteroatoms. The second kappa shape index (κ2) is 13.8. The molecular weight excluding hydrogens is 795 g/mol. The highest BCUT2D eigenvalue weighted by atomic mass is 16.3. The van der Waals surface area contributed by atoms with Gasteiger partial charge in [0, 0.05) is 60.8 Å². The van der Waals surface area contributed by atoms with Gasteiger partial charge in [0.05, 0.1) is 27.8 Å². The van der Waals surface area contributed by atoms with E-state index in [1.54, 1.807) is 0 Å². The minimum Gasteiger partial charge on any atom is -0.456 e. The molecule has 65 heavy (non-hydrogen) atoms. The Morgan fingerprint density at radius 3 is 1.58 bits per heavy atom. The SMILES string of the molecule is c1ccc(-c2nc(-c3cc4c(cc3-n3c5cc6ccccc6cc5c5cc6ccccc6cc53)oc3ccccc34)nc(-c3cccc4c3c3ccccc3n4-c3ccccc3)n2)cc1. The molecule has 0 aliphatic rings. The molecule has 302 valence electrons. The highest BCUT2D eigenvalue weighted by Crippen LogP contribution is 2.44. The van der Waals surface area contributed by atoms with Gasteiger partial charge in [-0.05, 0) is 82.2 Å². The summed E-state index contributed by atoms with van der Waals surface area (Å²) in [7, 11) is 0. The molecule has 4 heterocycles. The minimum absolute atomic E-state index is 0.566. The minimum atomic E-state index is 0.566. The Labute approximate surface area is 371 Å². The van der Waals surface area contributed by atoms with Gasteiger partial charge in [-0.3, -0.25) is 0 Å². The molecule has 14 rings (SSSR count). The first kappa shape index (κ1) is 35.7. The summed E-state index contributed by atoms with van der Waals surface area (Å²) < 4.78 is 11.4. The van der Waals surface area contributed by atoms with Gasteiger partial charge in [-0.15, -0.1) is 0 Å². The van der Waals surface area contributed by atoms with E-state index in [0.29, 0.717) is 17.5 Å². The van der Waals surface area contributed by atoms with Crippen molar-refractivity contribution in [3.8, 4) is 45.5 Å². The Balaban J connectivity index is 1.12. The molecule has 10 aromatic carbocycles. The van der Waals surface area contributed by atoms with Crippen molar-refractivity contribution in [1.82, 2.24) is 24.1 Å². The zero-order chi connectivity index (χ0) is 42.6. The standard InChI is InChI=1S/C59H35N5O/c1-3-16-36(17-4-1)57-60-58(44-26-15-28-50-56(44)43-25-11-13-27-49(43)63(50)41-22-5-2-6-23-41)62-59(61-57)48-34-47-42-24-12-14-29-54(42)65-55(47)35-53(48)64-51-32-39-20-9-7-18-37(39)30-45(51)46-31-38-19-8-10-21-40(38)33-52(46)64/h1-35H. The fourth-order valence-corrected chi connectivity index (χ4v) is 10.2. The van der Waals surface area contributed by atoms with Gasteiger partial charge in [0.1, 0.15) is 11.2 Å². The summed E-state index contributed by atoms with van der Waals surface area (Å²) in [6.07, 6.45) is 0. The van der Waals surface area contributed by atoms with Gasteiger partial charge in [-0.1, -0.05) is 146 Å².